The lowest BCUT2D eigenvalue weighted by molar-refractivity contribution is -0.138. The summed E-state index contributed by atoms with van der Waals surface area (Å²) in [7, 11) is 0. The fraction of sp³-hybridized carbons (Fsp3) is 0.688. The first-order valence-electron chi connectivity index (χ1n) is 8.05. The second kappa shape index (κ2) is 7.12. The second-order valence-electron chi connectivity index (χ2n) is 6.39. The summed E-state index contributed by atoms with van der Waals surface area (Å²) in [6.07, 6.45) is 0.988. The molecular formula is C16H26N4O3. The predicted octanol–water partition coefficient (Wildman–Crippen LogP) is 0.631. The van der Waals surface area contributed by atoms with Crippen molar-refractivity contribution in [3.8, 4) is 0 Å². The number of piperazine rings is 1. The first-order chi connectivity index (χ1) is 10.8. The van der Waals surface area contributed by atoms with Crippen molar-refractivity contribution in [1.29, 1.82) is 0 Å². The summed E-state index contributed by atoms with van der Waals surface area (Å²) < 4.78 is 5.12. The number of primary amides is 1. The highest BCUT2D eigenvalue weighted by atomic mass is 16.5. The first-order valence-corrected chi connectivity index (χ1v) is 8.05. The first kappa shape index (κ1) is 17.5. The van der Waals surface area contributed by atoms with Crippen molar-refractivity contribution in [2.45, 2.75) is 52.6 Å². The molecule has 1 fully saturated rings. The van der Waals surface area contributed by atoms with E-state index in [4.69, 9.17) is 10.3 Å². The molecule has 0 aliphatic carbocycles. The number of hydrogen-bond donors (Lipinski definition) is 1. The highest BCUT2D eigenvalue weighted by molar-refractivity contribution is 5.82. The number of amides is 2. The van der Waals surface area contributed by atoms with Crippen LogP contribution in [0.3, 0.4) is 0 Å². The zero-order chi connectivity index (χ0) is 17.1. The van der Waals surface area contributed by atoms with Crippen LogP contribution in [0.2, 0.25) is 0 Å². The summed E-state index contributed by atoms with van der Waals surface area (Å²) in [5.74, 6) is 0.427. The molecule has 1 saturated heterocycles. The topological polar surface area (TPSA) is 92.7 Å². The third-order valence-corrected chi connectivity index (χ3v) is 4.54. The lowest BCUT2D eigenvalue weighted by atomic mass is 10.1. The van der Waals surface area contributed by atoms with Gasteiger partial charge >= 0.3 is 0 Å². The normalized spacial score (nSPS) is 19.3. The van der Waals surface area contributed by atoms with E-state index in [1.807, 2.05) is 27.7 Å². The largest absolute Gasteiger partial charge is 0.368 e. The molecule has 0 bridgehead atoms. The average Bonchev–Trinajstić information content (AvgIpc) is 2.82. The van der Waals surface area contributed by atoms with Crippen molar-refractivity contribution < 1.29 is 14.1 Å². The van der Waals surface area contributed by atoms with Crippen molar-refractivity contribution in [2.24, 2.45) is 5.73 Å². The Kier molecular flexibility index (Phi) is 5.41. The molecule has 7 nitrogen and oxygen atoms in total. The van der Waals surface area contributed by atoms with Gasteiger partial charge in [-0.15, -0.1) is 0 Å². The number of aromatic nitrogens is 1. The highest BCUT2D eigenvalue weighted by Gasteiger charge is 2.34. The molecule has 0 saturated carbocycles. The van der Waals surface area contributed by atoms with Crippen molar-refractivity contribution in [3.05, 3.63) is 17.0 Å². The van der Waals surface area contributed by atoms with Crippen molar-refractivity contribution in [2.75, 3.05) is 19.6 Å². The summed E-state index contributed by atoms with van der Waals surface area (Å²) >= 11 is 0. The molecule has 1 aliphatic heterocycles. The Morgan fingerprint density at radius 1 is 1.35 bits per heavy atom. The van der Waals surface area contributed by atoms with E-state index >= 15 is 0 Å². The average molecular weight is 322 g/mol. The fourth-order valence-electron chi connectivity index (χ4n) is 3.14. The quantitative estimate of drug-likeness (QED) is 0.858. The molecule has 1 atom stereocenters. The third kappa shape index (κ3) is 3.90. The van der Waals surface area contributed by atoms with Gasteiger partial charge in [-0.25, -0.2) is 0 Å². The van der Waals surface area contributed by atoms with E-state index < -0.39 is 6.04 Å². The van der Waals surface area contributed by atoms with Crippen LogP contribution in [0.5, 0.6) is 0 Å². The molecule has 2 rings (SSSR count). The predicted molar refractivity (Wildman–Crippen MR) is 85.7 cm³/mol. The maximum atomic E-state index is 12.5. The summed E-state index contributed by atoms with van der Waals surface area (Å²) in [6, 6.07) is -0.182. The Morgan fingerprint density at radius 2 is 2.04 bits per heavy atom. The van der Waals surface area contributed by atoms with Crippen LogP contribution in [0.1, 0.15) is 37.3 Å². The van der Waals surface area contributed by atoms with Crippen molar-refractivity contribution in [3.63, 3.8) is 0 Å². The summed E-state index contributed by atoms with van der Waals surface area (Å²) in [5, 5.41) is 3.90. The lowest BCUT2D eigenvalue weighted by Crippen LogP contribution is -2.61. The molecule has 0 aromatic carbocycles. The van der Waals surface area contributed by atoms with Gasteiger partial charge in [0.2, 0.25) is 11.8 Å². The van der Waals surface area contributed by atoms with Crippen LogP contribution in [0.15, 0.2) is 4.52 Å². The second-order valence-corrected chi connectivity index (χ2v) is 6.39. The molecule has 1 aliphatic rings. The Balaban J connectivity index is 1.96. The minimum atomic E-state index is -0.410. The van der Waals surface area contributed by atoms with Crippen LogP contribution in [0.25, 0.3) is 0 Å². The lowest BCUT2D eigenvalue weighted by Gasteiger charge is -2.42. The standard InChI is InChI=1S/C16H26N4O3/c1-10(2)20-8-7-19(9-14(20)16(17)22)15(21)6-5-13-11(3)18-23-12(13)4/h10,14H,5-9H2,1-4H3,(H2,17,22)/t14-/m0/s1. The molecule has 23 heavy (non-hydrogen) atoms. The summed E-state index contributed by atoms with van der Waals surface area (Å²) in [5.41, 5.74) is 7.33. The van der Waals surface area contributed by atoms with Gasteiger partial charge in [-0.2, -0.15) is 0 Å². The van der Waals surface area contributed by atoms with Gasteiger partial charge in [-0.3, -0.25) is 14.5 Å². The van der Waals surface area contributed by atoms with Gasteiger partial charge in [0, 0.05) is 37.7 Å². The van der Waals surface area contributed by atoms with Gasteiger partial charge in [0.05, 0.1) is 5.69 Å². The molecule has 2 N–H and O–H groups in total. The minimum absolute atomic E-state index is 0.0413. The van der Waals surface area contributed by atoms with Gasteiger partial charge in [0.25, 0.3) is 0 Å². The van der Waals surface area contributed by atoms with E-state index in [9.17, 15) is 9.59 Å². The Labute approximate surface area is 136 Å². The molecule has 2 heterocycles. The molecule has 128 valence electrons. The van der Waals surface area contributed by atoms with Crippen LogP contribution in [-0.4, -0.2) is 58.5 Å². The SMILES string of the molecule is Cc1noc(C)c1CCC(=O)N1CCN(C(C)C)[C@H](C(N)=O)C1. The Morgan fingerprint density at radius 3 is 2.57 bits per heavy atom. The van der Waals surface area contributed by atoms with Crippen LogP contribution in [0.4, 0.5) is 0 Å². The Bertz CT molecular complexity index is 562. The fourth-order valence-corrected chi connectivity index (χ4v) is 3.14. The van der Waals surface area contributed by atoms with Gasteiger partial charge in [0.1, 0.15) is 11.8 Å². The number of rotatable bonds is 5. The van der Waals surface area contributed by atoms with E-state index in [0.717, 1.165) is 17.0 Å². The number of carbonyl (C=O) groups excluding carboxylic acids is 2. The molecule has 7 heteroatoms. The van der Waals surface area contributed by atoms with Crippen LogP contribution < -0.4 is 5.73 Å². The van der Waals surface area contributed by atoms with Gasteiger partial charge in [-0.05, 0) is 34.1 Å². The number of carbonyl (C=O) groups is 2. The number of nitrogens with zero attached hydrogens (tertiary/aromatic N) is 3. The minimum Gasteiger partial charge on any atom is -0.368 e. The van der Waals surface area contributed by atoms with Gasteiger partial charge < -0.3 is 15.2 Å². The van der Waals surface area contributed by atoms with Crippen molar-refractivity contribution >= 4 is 11.8 Å². The molecule has 2 amide bonds. The van der Waals surface area contributed by atoms with Crippen molar-refractivity contribution in [1.82, 2.24) is 15.0 Å². The Hall–Kier alpha value is -1.89. The zero-order valence-electron chi connectivity index (χ0n) is 14.3. The van der Waals surface area contributed by atoms with E-state index in [2.05, 4.69) is 10.1 Å². The summed E-state index contributed by atoms with van der Waals surface area (Å²) in [4.78, 5) is 28.0. The van der Waals surface area contributed by atoms with Crippen LogP contribution in [0, 0.1) is 13.8 Å². The van der Waals surface area contributed by atoms with Crippen LogP contribution >= 0.6 is 0 Å². The molecular weight excluding hydrogens is 296 g/mol. The highest BCUT2D eigenvalue weighted by Crippen LogP contribution is 2.17. The third-order valence-electron chi connectivity index (χ3n) is 4.54. The maximum Gasteiger partial charge on any atom is 0.236 e. The molecule has 1 aromatic heterocycles. The zero-order valence-corrected chi connectivity index (χ0v) is 14.3. The maximum absolute atomic E-state index is 12.5. The van der Waals surface area contributed by atoms with Gasteiger partial charge in [0.15, 0.2) is 0 Å². The molecule has 0 radical (unpaired) electrons. The monoisotopic (exact) mass is 322 g/mol. The number of hydrogen-bond acceptors (Lipinski definition) is 5. The van der Waals surface area contributed by atoms with E-state index in [1.165, 1.54) is 0 Å². The van der Waals surface area contributed by atoms with E-state index in [0.29, 0.717) is 32.5 Å². The van der Waals surface area contributed by atoms with E-state index in [1.54, 1.807) is 4.90 Å². The molecule has 0 unspecified atom stereocenters. The molecule has 1 aromatic rings. The molecule has 0 spiro atoms. The smallest absolute Gasteiger partial charge is 0.236 e. The van der Waals surface area contributed by atoms with Gasteiger partial charge in [-0.1, -0.05) is 5.16 Å². The number of nitrogens with two attached hydrogens (primary N) is 1. The van der Waals surface area contributed by atoms with Crippen LogP contribution in [-0.2, 0) is 16.0 Å². The summed E-state index contributed by atoms with van der Waals surface area (Å²) in [6.45, 7) is 9.46. The number of aryl methyl sites for hydroxylation is 2. The van der Waals surface area contributed by atoms with E-state index in [-0.39, 0.29) is 17.9 Å².